The van der Waals surface area contributed by atoms with Crippen molar-refractivity contribution in [3.8, 4) is 0 Å². The highest BCUT2D eigenvalue weighted by molar-refractivity contribution is 5.74. The minimum atomic E-state index is -0.823. The Hall–Kier alpha value is -1.34. The highest BCUT2D eigenvalue weighted by Gasteiger charge is 2.26. The standard InChI is InChI=1S/C11H22N4O3/c1-9(10(16)17)14-5-7-15(8-6-14)11(18)13-4-2-3-12/h9H,2-8,12H2,1H3,(H,13,18)(H,16,17). The van der Waals surface area contributed by atoms with Crippen molar-refractivity contribution in [3.63, 3.8) is 0 Å². The topological polar surface area (TPSA) is 98.9 Å². The van der Waals surface area contributed by atoms with Gasteiger partial charge in [0.2, 0.25) is 0 Å². The van der Waals surface area contributed by atoms with Gasteiger partial charge in [-0.15, -0.1) is 0 Å². The highest BCUT2D eigenvalue weighted by atomic mass is 16.4. The van der Waals surface area contributed by atoms with Crippen molar-refractivity contribution < 1.29 is 14.7 Å². The largest absolute Gasteiger partial charge is 0.480 e. The zero-order valence-corrected chi connectivity index (χ0v) is 10.8. The van der Waals surface area contributed by atoms with Gasteiger partial charge in [-0.2, -0.15) is 0 Å². The van der Waals surface area contributed by atoms with Gasteiger partial charge in [-0.05, 0) is 19.9 Å². The Kier molecular flexibility index (Phi) is 5.87. The molecule has 1 aliphatic heterocycles. The second-order valence-corrected chi connectivity index (χ2v) is 4.41. The molecule has 0 radical (unpaired) electrons. The normalized spacial score (nSPS) is 18.4. The fourth-order valence-electron chi connectivity index (χ4n) is 1.88. The van der Waals surface area contributed by atoms with E-state index in [1.807, 2.05) is 4.90 Å². The summed E-state index contributed by atoms with van der Waals surface area (Å²) in [5.41, 5.74) is 5.35. The highest BCUT2D eigenvalue weighted by Crippen LogP contribution is 2.06. The van der Waals surface area contributed by atoms with E-state index in [-0.39, 0.29) is 6.03 Å². The number of urea groups is 1. The maximum Gasteiger partial charge on any atom is 0.320 e. The van der Waals surface area contributed by atoms with Crippen LogP contribution in [0.4, 0.5) is 4.79 Å². The third-order valence-corrected chi connectivity index (χ3v) is 3.16. The van der Waals surface area contributed by atoms with E-state index in [0.717, 1.165) is 6.42 Å². The first-order chi connectivity index (χ1) is 8.56. The summed E-state index contributed by atoms with van der Waals surface area (Å²) in [4.78, 5) is 26.1. The maximum absolute atomic E-state index is 11.7. The molecule has 1 unspecified atom stereocenters. The molecule has 2 amide bonds. The predicted molar refractivity (Wildman–Crippen MR) is 67.3 cm³/mol. The molecule has 0 aromatic heterocycles. The molecule has 7 heteroatoms. The summed E-state index contributed by atoms with van der Waals surface area (Å²) in [6.07, 6.45) is 0.766. The zero-order valence-electron chi connectivity index (χ0n) is 10.8. The van der Waals surface area contributed by atoms with Crippen LogP contribution in [0.1, 0.15) is 13.3 Å². The van der Waals surface area contributed by atoms with E-state index >= 15 is 0 Å². The molecule has 1 rings (SSSR count). The number of nitrogens with two attached hydrogens (primary N) is 1. The maximum atomic E-state index is 11.7. The van der Waals surface area contributed by atoms with Gasteiger partial charge in [0.05, 0.1) is 0 Å². The Morgan fingerprint density at radius 2 is 1.94 bits per heavy atom. The summed E-state index contributed by atoms with van der Waals surface area (Å²) in [6, 6.07) is -0.585. The van der Waals surface area contributed by atoms with Gasteiger partial charge < -0.3 is 21.1 Å². The number of carboxylic acid groups (broad SMARTS) is 1. The van der Waals surface area contributed by atoms with Crippen LogP contribution in [-0.4, -0.2) is 72.2 Å². The number of carboxylic acids is 1. The van der Waals surface area contributed by atoms with E-state index in [1.54, 1.807) is 11.8 Å². The van der Waals surface area contributed by atoms with Gasteiger partial charge in [-0.3, -0.25) is 9.69 Å². The third kappa shape index (κ3) is 4.15. The fourth-order valence-corrected chi connectivity index (χ4v) is 1.88. The molecule has 0 bridgehead atoms. The average molecular weight is 258 g/mol. The van der Waals surface area contributed by atoms with Crippen molar-refractivity contribution in [2.75, 3.05) is 39.3 Å². The smallest absolute Gasteiger partial charge is 0.320 e. The van der Waals surface area contributed by atoms with Crippen LogP contribution in [0.15, 0.2) is 0 Å². The van der Waals surface area contributed by atoms with E-state index in [2.05, 4.69) is 5.32 Å². The van der Waals surface area contributed by atoms with Crippen LogP contribution in [-0.2, 0) is 4.79 Å². The SMILES string of the molecule is CC(C(=O)O)N1CCN(C(=O)NCCCN)CC1. The number of carbonyl (C=O) groups excluding carboxylic acids is 1. The molecule has 0 spiro atoms. The van der Waals surface area contributed by atoms with Crippen LogP contribution in [0.2, 0.25) is 0 Å². The predicted octanol–water partition coefficient (Wildman–Crippen LogP) is -0.864. The lowest BCUT2D eigenvalue weighted by atomic mass is 10.2. The lowest BCUT2D eigenvalue weighted by Gasteiger charge is -2.36. The van der Waals surface area contributed by atoms with Crippen molar-refractivity contribution in [1.82, 2.24) is 15.1 Å². The average Bonchev–Trinajstić information content (AvgIpc) is 2.38. The molecule has 0 aliphatic carbocycles. The first kappa shape index (κ1) is 14.7. The van der Waals surface area contributed by atoms with Gasteiger partial charge in [0, 0.05) is 32.7 Å². The van der Waals surface area contributed by atoms with E-state index in [1.165, 1.54) is 0 Å². The van der Waals surface area contributed by atoms with Crippen LogP contribution in [0.5, 0.6) is 0 Å². The van der Waals surface area contributed by atoms with Crippen molar-refractivity contribution in [2.24, 2.45) is 5.73 Å². The zero-order chi connectivity index (χ0) is 13.5. The van der Waals surface area contributed by atoms with Gasteiger partial charge in [-0.1, -0.05) is 0 Å². The second kappa shape index (κ2) is 7.17. The molecule has 104 valence electrons. The van der Waals surface area contributed by atoms with E-state index in [9.17, 15) is 9.59 Å². The molecule has 1 atom stereocenters. The minimum absolute atomic E-state index is 0.0916. The number of nitrogens with one attached hydrogen (secondary N) is 1. The molecule has 7 nitrogen and oxygen atoms in total. The number of nitrogens with zero attached hydrogens (tertiary/aromatic N) is 2. The van der Waals surface area contributed by atoms with Crippen molar-refractivity contribution in [1.29, 1.82) is 0 Å². The number of hydrogen-bond acceptors (Lipinski definition) is 4. The van der Waals surface area contributed by atoms with Gasteiger partial charge in [0.25, 0.3) is 0 Å². The van der Waals surface area contributed by atoms with Crippen molar-refractivity contribution in [2.45, 2.75) is 19.4 Å². The summed E-state index contributed by atoms with van der Waals surface area (Å²) < 4.78 is 0. The molecule has 0 aromatic rings. The van der Waals surface area contributed by atoms with Gasteiger partial charge in [0.1, 0.15) is 6.04 Å². The molecule has 1 saturated heterocycles. The Morgan fingerprint density at radius 3 is 2.44 bits per heavy atom. The molecule has 1 fully saturated rings. The minimum Gasteiger partial charge on any atom is -0.480 e. The van der Waals surface area contributed by atoms with Crippen LogP contribution < -0.4 is 11.1 Å². The molecule has 1 aliphatic rings. The lowest BCUT2D eigenvalue weighted by Crippen LogP contribution is -2.55. The summed E-state index contributed by atoms with van der Waals surface area (Å²) in [5.74, 6) is -0.823. The molecule has 0 aromatic carbocycles. The molecule has 4 N–H and O–H groups in total. The number of piperazine rings is 1. The lowest BCUT2D eigenvalue weighted by molar-refractivity contribution is -0.143. The molecule has 18 heavy (non-hydrogen) atoms. The summed E-state index contributed by atoms with van der Waals surface area (Å²) in [6.45, 7) is 5.12. The van der Waals surface area contributed by atoms with Crippen LogP contribution in [0, 0.1) is 0 Å². The van der Waals surface area contributed by atoms with Gasteiger partial charge in [0.15, 0.2) is 0 Å². The Bertz CT molecular complexity index is 290. The molecular weight excluding hydrogens is 236 g/mol. The van der Waals surface area contributed by atoms with E-state index < -0.39 is 12.0 Å². The molecule has 0 saturated carbocycles. The first-order valence-electron chi connectivity index (χ1n) is 6.26. The monoisotopic (exact) mass is 258 g/mol. The summed E-state index contributed by atoms with van der Waals surface area (Å²) >= 11 is 0. The van der Waals surface area contributed by atoms with Gasteiger partial charge >= 0.3 is 12.0 Å². The third-order valence-electron chi connectivity index (χ3n) is 3.16. The molecule has 1 heterocycles. The number of rotatable bonds is 5. The number of carbonyl (C=O) groups is 2. The Labute approximate surface area is 107 Å². The van der Waals surface area contributed by atoms with Crippen LogP contribution >= 0.6 is 0 Å². The van der Waals surface area contributed by atoms with Gasteiger partial charge in [-0.25, -0.2) is 4.79 Å². The Balaban J connectivity index is 2.30. The quantitative estimate of drug-likeness (QED) is 0.557. The van der Waals surface area contributed by atoms with E-state index in [0.29, 0.717) is 39.3 Å². The van der Waals surface area contributed by atoms with Crippen molar-refractivity contribution in [3.05, 3.63) is 0 Å². The second-order valence-electron chi connectivity index (χ2n) is 4.41. The van der Waals surface area contributed by atoms with Crippen molar-refractivity contribution >= 4 is 12.0 Å². The summed E-state index contributed by atoms with van der Waals surface area (Å²) in [7, 11) is 0. The van der Waals surface area contributed by atoms with E-state index in [4.69, 9.17) is 10.8 Å². The number of amides is 2. The van der Waals surface area contributed by atoms with Crippen LogP contribution in [0.3, 0.4) is 0 Å². The van der Waals surface area contributed by atoms with Crippen LogP contribution in [0.25, 0.3) is 0 Å². The number of hydrogen-bond donors (Lipinski definition) is 3. The Morgan fingerprint density at radius 1 is 1.33 bits per heavy atom. The fraction of sp³-hybridized carbons (Fsp3) is 0.818. The first-order valence-corrected chi connectivity index (χ1v) is 6.26. The number of aliphatic carboxylic acids is 1. The summed E-state index contributed by atoms with van der Waals surface area (Å²) in [5, 5.41) is 11.7. The molecular formula is C11H22N4O3.